The Morgan fingerprint density at radius 3 is 2.06 bits per heavy atom. The lowest BCUT2D eigenvalue weighted by atomic mass is 10.1. The summed E-state index contributed by atoms with van der Waals surface area (Å²) >= 11 is 0. The fraction of sp³-hybridized carbons (Fsp3) is 0.185. The summed E-state index contributed by atoms with van der Waals surface area (Å²) in [5.74, 6) is -0.454. The second-order valence-corrected chi connectivity index (χ2v) is 10.8. The van der Waals surface area contributed by atoms with Gasteiger partial charge in [0.05, 0.1) is 4.90 Å². The van der Waals surface area contributed by atoms with E-state index < -0.39 is 9.84 Å². The zero-order valence-electron chi connectivity index (χ0n) is 20.7. The third-order valence-corrected chi connectivity index (χ3v) is 7.78. The number of sulfone groups is 1. The van der Waals surface area contributed by atoms with Crippen LogP contribution >= 0.6 is 0 Å². The number of nitrogens with zero attached hydrogens (tertiary/aromatic N) is 2. The quantitative estimate of drug-likeness (QED) is 0.330. The molecule has 0 saturated carbocycles. The maximum atomic E-state index is 13.6. The van der Waals surface area contributed by atoms with Gasteiger partial charge >= 0.3 is 0 Å². The first-order valence-corrected chi connectivity index (χ1v) is 12.9. The molecule has 0 unspecified atom stereocenters. The summed E-state index contributed by atoms with van der Waals surface area (Å²) in [4.78, 5) is 12.7. The van der Waals surface area contributed by atoms with Gasteiger partial charge in [0.2, 0.25) is 15.7 Å². The summed E-state index contributed by atoms with van der Waals surface area (Å²) in [6, 6.07) is 19.5. The zero-order chi connectivity index (χ0) is 26.0. The highest BCUT2D eigenvalue weighted by Crippen LogP contribution is 2.34. The van der Waals surface area contributed by atoms with Crippen molar-refractivity contribution in [1.82, 2.24) is 9.78 Å². The van der Waals surface area contributed by atoms with E-state index >= 15 is 0 Å². The average Bonchev–Trinajstić information content (AvgIpc) is 3.13. The van der Waals surface area contributed by atoms with Crippen molar-refractivity contribution in [2.24, 2.45) is 0 Å². The predicted molar refractivity (Wildman–Crippen MR) is 142 cm³/mol. The van der Waals surface area contributed by atoms with Crippen LogP contribution in [0.4, 0.5) is 23.0 Å². The van der Waals surface area contributed by atoms with Gasteiger partial charge in [-0.05, 0) is 75.2 Å². The summed E-state index contributed by atoms with van der Waals surface area (Å²) in [6.07, 6.45) is 0. The van der Waals surface area contributed by atoms with Gasteiger partial charge in [-0.15, -0.1) is 0 Å². The highest BCUT2D eigenvalue weighted by atomic mass is 32.2. The average molecular weight is 504 g/mol. The molecule has 0 spiro atoms. The van der Waals surface area contributed by atoms with E-state index in [4.69, 9.17) is 5.73 Å². The Morgan fingerprint density at radius 1 is 0.861 bits per heavy atom. The molecule has 3 aromatic carbocycles. The first kappa shape index (κ1) is 25.0. The first-order valence-electron chi connectivity index (χ1n) is 11.4. The van der Waals surface area contributed by atoms with E-state index in [1.54, 1.807) is 12.1 Å². The number of nitrogen functional groups attached to an aromatic ring is 1. The number of aromatic nitrogens is 2. The predicted octanol–water partition coefficient (Wildman–Crippen LogP) is 4.91. The molecule has 4 rings (SSSR count). The van der Waals surface area contributed by atoms with Gasteiger partial charge in [-0.1, -0.05) is 41.5 Å². The minimum atomic E-state index is -4.03. The highest BCUT2D eigenvalue weighted by molar-refractivity contribution is 7.91. The molecule has 1 heterocycles. The summed E-state index contributed by atoms with van der Waals surface area (Å²) in [7, 11) is -4.03. The summed E-state index contributed by atoms with van der Waals surface area (Å²) in [5, 5.41) is 10.3. The van der Waals surface area contributed by atoms with Crippen molar-refractivity contribution in [3.63, 3.8) is 0 Å². The number of carbonyl (C=O) groups excluding carboxylic acids is 1. The van der Waals surface area contributed by atoms with Crippen LogP contribution in [0.5, 0.6) is 0 Å². The van der Waals surface area contributed by atoms with E-state index in [2.05, 4.69) is 15.7 Å². The molecule has 9 heteroatoms. The molecule has 4 aromatic rings. The van der Waals surface area contributed by atoms with Crippen LogP contribution in [0.25, 0.3) is 0 Å². The van der Waals surface area contributed by atoms with E-state index in [0.717, 1.165) is 22.3 Å². The van der Waals surface area contributed by atoms with Gasteiger partial charge in [0.1, 0.15) is 12.4 Å². The Kier molecular flexibility index (Phi) is 6.85. The SMILES string of the molecule is Cc1ccc(Nc2nn(CC(=O)Nc3ccc(C)c(C)c3)c(N)c2S(=O)(=O)c2ccc(C)cc2)cc1. The highest BCUT2D eigenvalue weighted by Gasteiger charge is 2.30. The molecular formula is C27H29N5O3S. The topological polar surface area (TPSA) is 119 Å². The smallest absolute Gasteiger partial charge is 0.246 e. The van der Waals surface area contributed by atoms with E-state index in [-0.39, 0.29) is 33.9 Å². The van der Waals surface area contributed by atoms with Gasteiger partial charge in [0.15, 0.2) is 10.7 Å². The third kappa shape index (κ3) is 5.26. The van der Waals surface area contributed by atoms with Crippen LogP contribution in [-0.2, 0) is 21.2 Å². The number of amides is 1. The number of nitrogens with one attached hydrogen (secondary N) is 2. The number of anilines is 4. The lowest BCUT2D eigenvalue weighted by Crippen LogP contribution is -2.21. The second-order valence-electron chi connectivity index (χ2n) is 8.88. The molecule has 0 aliphatic rings. The van der Waals surface area contributed by atoms with E-state index in [1.165, 1.54) is 16.8 Å². The molecule has 8 nitrogen and oxygen atoms in total. The van der Waals surface area contributed by atoms with Crippen molar-refractivity contribution < 1.29 is 13.2 Å². The molecule has 0 saturated heterocycles. The number of hydrogen-bond donors (Lipinski definition) is 3. The molecule has 0 bridgehead atoms. The molecule has 1 amide bonds. The maximum absolute atomic E-state index is 13.6. The Bertz CT molecular complexity index is 1520. The van der Waals surface area contributed by atoms with Crippen molar-refractivity contribution in [3.05, 3.63) is 89.0 Å². The fourth-order valence-corrected chi connectivity index (χ4v) is 5.15. The van der Waals surface area contributed by atoms with Gasteiger partial charge < -0.3 is 16.4 Å². The molecule has 36 heavy (non-hydrogen) atoms. The summed E-state index contributed by atoms with van der Waals surface area (Å²) in [5.41, 5.74) is 11.7. The number of carbonyl (C=O) groups is 1. The molecule has 186 valence electrons. The van der Waals surface area contributed by atoms with Crippen LogP contribution in [0.15, 0.2) is 76.5 Å². The Balaban J connectivity index is 1.71. The first-order chi connectivity index (χ1) is 17.0. The number of benzene rings is 3. The number of rotatable bonds is 7. The fourth-order valence-electron chi connectivity index (χ4n) is 3.69. The van der Waals surface area contributed by atoms with Gasteiger partial charge in [0.25, 0.3) is 0 Å². The zero-order valence-corrected chi connectivity index (χ0v) is 21.5. The lowest BCUT2D eigenvalue weighted by Gasteiger charge is -2.09. The van der Waals surface area contributed by atoms with Crippen molar-refractivity contribution in [2.45, 2.75) is 44.0 Å². The van der Waals surface area contributed by atoms with Crippen molar-refractivity contribution >= 4 is 38.8 Å². The normalized spacial score (nSPS) is 11.3. The molecule has 4 N–H and O–H groups in total. The van der Waals surface area contributed by atoms with E-state index in [0.29, 0.717) is 11.4 Å². The molecular weight excluding hydrogens is 474 g/mol. The molecule has 0 fully saturated rings. The number of hydrogen-bond acceptors (Lipinski definition) is 6. The van der Waals surface area contributed by atoms with Crippen molar-refractivity contribution in [2.75, 3.05) is 16.4 Å². The lowest BCUT2D eigenvalue weighted by molar-refractivity contribution is -0.116. The van der Waals surface area contributed by atoms with Crippen LogP contribution in [0.3, 0.4) is 0 Å². The number of nitrogens with two attached hydrogens (primary N) is 1. The largest absolute Gasteiger partial charge is 0.383 e. The van der Waals surface area contributed by atoms with Gasteiger partial charge in [-0.3, -0.25) is 4.79 Å². The Hall–Kier alpha value is -4.11. The molecule has 0 atom stereocenters. The standard InChI is InChI=1S/C27H29N5O3S/c1-17-5-10-21(11-6-17)30-27-25(36(34,35)23-13-7-18(2)8-14-23)26(28)32(31-27)16-24(33)29-22-12-9-19(3)20(4)15-22/h5-15H,16,28H2,1-4H3,(H,29,33)(H,30,31). The van der Waals surface area contributed by atoms with E-state index in [1.807, 2.05) is 70.2 Å². The van der Waals surface area contributed by atoms with Crippen LogP contribution in [-0.4, -0.2) is 24.1 Å². The summed E-state index contributed by atoms with van der Waals surface area (Å²) < 4.78 is 28.4. The van der Waals surface area contributed by atoms with E-state index in [9.17, 15) is 13.2 Å². The van der Waals surface area contributed by atoms with Gasteiger partial charge in [0, 0.05) is 11.4 Å². The minimum Gasteiger partial charge on any atom is -0.383 e. The van der Waals surface area contributed by atoms with Crippen LogP contribution in [0, 0.1) is 27.7 Å². The third-order valence-electron chi connectivity index (χ3n) is 5.94. The van der Waals surface area contributed by atoms with Crippen molar-refractivity contribution in [1.29, 1.82) is 0 Å². The molecule has 0 radical (unpaired) electrons. The molecule has 0 aliphatic carbocycles. The summed E-state index contributed by atoms with van der Waals surface area (Å²) in [6.45, 7) is 7.52. The second kappa shape index (κ2) is 9.87. The number of aryl methyl sites for hydroxylation is 4. The minimum absolute atomic E-state index is 0.0518. The van der Waals surface area contributed by atoms with Crippen LogP contribution in [0.1, 0.15) is 22.3 Å². The maximum Gasteiger partial charge on any atom is 0.246 e. The Labute approximate surface area is 211 Å². The van der Waals surface area contributed by atoms with Gasteiger partial charge in [-0.25, -0.2) is 13.1 Å². The van der Waals surface area contributed by atoms with Gasteiger partial charge in [-0.2, -0.15) is 5.10 Å². The van der Waals surface area contributed by atoms with Crippen LogP contribution in [0.2, 0.25) is 0 Å². The monoisotopic (exact) mass is 503 g/mol. The van der Waals surface area contributed by atoms with Crippen molar-refractivity contribution in [3.8, 4) is 0 Å². The molecule has 1 aromatic heterocycles. The Morgan fingerprint density at radius 2 is 1.44 bits per heavy atom. The molecule has 0 aliphatic heterocycles. The van der Waals surface area contributed by atoms with Crippen LogP contribution < -0.4 is 16.4 Å².